The molecule has 1 N–H and O–H groups in total. The molecule has 1 aromatic rings. The molecule has 120 valence electrons. The third kappa shape index (κ3) is 3.79. The number of hydrogen-bond acceptors (Lipinski definition) is 3. The molecule has 0 saturated carbocycles. The first-order valence-electron chi connectivity index (χ1n) is 8.32. The minimum Gasteiger partial charge on any atom is -0.313 e. The van der Waals surface area contributed by atoms with Crippen LogP contribution in [0.5, 0.6) is 0 Å². The van der Waals surface area contributed by atoms with Crippen molar-refractivity contribution in [3.8, 4) is 0 Å². The Morgan fingerprint density at radius 2 is 2.10 bits per heavy atom. The van der Waals surface area contributed by atoms with Gasteiger partial charge in [0.15, 0.2) is 0 Å². The third-order valence-corrected chi connectivity index (χ3v) is 5.05. The number of nitrogens with zero attached hydrogens (tertiary/aromatic N) is 3. The summed E-state index contributed by atoms with van der Waals surface area (Å²) >= 11 is 6.56. The van der Waals surface area contributed by atoms with E-state index in [1.807, 2.05) is 0 Å². The van der Waals surface area contributed by atoms with Gasteiger partial charge in [0.1, 0.15) is 0 Å². The molecule has 2 unspecified atom stereocenters. The van der Waals surface area contributed by atoms with Crippen molar-refractivity contribution in [1.82, 2.24) is 20.0 Å². The second-order valence-electron chi connectivity index (χ2n) is 6.00. The van der Waals surface area contributed by atoms with Crippen molar-refractivity contribution in [3.63, 3.8) is 0 Å². The zero-order chi connectivity index (χ0) is 15.4. The van der Waals surface area contributed by atoms with E-state index in [4.69, 9.17) is 11.6 Å². The zero-order valence-corrected chi connectivity index (χ0v) is 14.6. The maximum Gasteiger partial charge on any atom is 0.0863 e. The van der Waals surface area contributed by atoms with Crippen LogP contribution >= 0.6 is 11.6 Å². The van der Waals surface area contributed by atoms with Gasteiger partial charge in [0.05, 0.1) is 16.4 Å². The summed E-state index contributed by atoms with van der Waals surface area (Å²) in [6.45, 7) is 12.8. The summed E-state index contributed by atoms with van der Waals surface area (Å²) in [5, 5.41) is 9.15. The molecule has 1 aromatic heterocycles. The van der Waals surface area contributed by atoms with Crippen LogP contribution in [-0.2, 0) is 19.5 Å². The largest absolute Gasteiger partial charge is 0.313 e. The van der Waals surface area contributed by atoms with Crippen LogP contribution in [0.4, 0.5) is 0 Å². The van der Waals surface area contributed by atoms with E-state index in [-0.39, 0.29) is 0 Å². The molecule has 1 aliphatic rings. The average Bonchev–Trinajstić information content (AvgIpc) is 2.68. The molecule has 0 spiro atoms. The van der Waals surface area contributed by atoms with Crippen molar-refractivity contribution in [1.29, 1.82) is 0 Å². The third-order valence-electron chi connectivity index (χ3n) is 4.61. The molecule has 0 aromatic carbocycles. The predicted molar refractivity (Wildman–Crippen MR) is 88.9 cm³/mol. The summed E-state index contributed by atoms with van der Waals surface area (Å²) in [7, 11) is 0. The molecule has 1 aliphatic heterocycles. The quantitative estimate of drug-likeness (QED) is 0.907. The van der Waals surface area contributed by atoms with E-state index >= 15 is 0 Å². The van der Waals surface area contributed by atoms with Gasteiger partial charge in [-0.25, -0.2) is 0 Å². The number of nitrogens with one attached hydrogen (secondary N) is 1. The van der Waals surface area contributed by atoms with Crippen molar-refractivity contribution in [2.45, 2.75) is 72.1 Å². The minimum absolute atomic E-state index is 0.579. The molecule has 2 heterocycles. The van der Waals surface area contributed by atoms with E-state index in [9.17, 15) is 0 Å². The fraction of sp³-hybridized carbons (Fsp3) is 0.812. The zero-order valence-electron chi connectivity index (χ0n) is 13.8. The maximum absolute atomic E-state index is 6.56. The predicted octanol–water partition coefficient (Wildman–Crippen LogP) is 3.08. The molecule has 2 atom stereocenters. The first kappa shape index (κ1) is 16.8. The number of aromatic nitrogens is 2. The van der Waals surface area contributed by atoms with Gasteiger partial charge in [-0.05, 0) is 39.7 Å². The highest BCUT2D eigenvalue weighted by atomic mass is 35.5. The van der Waals surface area contributed by atoms with E-state index in [0.29, 0.717) is 12.1 Å². The lowest BCUT2D eigenvalue weighted by Crippen LogP contribution is -2.39. The maximum atomic E-state index is 6.56. The van der Waals surface area contributed by atoms with E-state index in [2.05, 4.69) is 47.7 Å². The monoisotopic (exact) mass is 312 g/mol. The van der Waals surface area contributed by atoms with Crippen molar-refractivity contribution < 1.29 is 0 Å². The second-order valence-corrected chi connectivity index (χ2v) is 6.38. The van der Waals surface area contributed by atoms with Crippen molar-refractivity contribution in [2.75, 3.05) is 13.1 Å². The van der Waals surface area contributed by atoms with Crippen LogP contribution in [0.3, 0.4) is 0 Å². The van der Waals surface area contributed by atoms with Gasteiger partial charge < -0.3 is 5.32 Å². The molecular weight excluding hydrogens is 284 g/mol. The highest BCUT2D eigenvalue weighted by Gasteiger charge is 2.25. The summed E-state index contributed by atoms with van der Waals surface area (Å²) in [6, 6.07) is 1.16. The molecule has 0 amide bonds. The van der Waals surface area contributed by atoms with Crippen LogP contribution < -0.4 is 5.32 Å². The molecule has 4 nitrogen and oxygen atoms in total. The molecule has 1 saturated heterocycles. The SMILES string of the molecule is CCc1nn(CC)c(CN2CC(CC)NCCC2C)c1Cl. The lowest BCUT2D eigenvalue weighted by atomic mass is 10.1. The lowest BCUT2D eigenvalue weighted by Gasteiger charge is -2.29. The molecule has 21 heavy (non-hydrogen) atoms. The molecule has 5 heteroatoms. The molecule has 0 bridgehead atoms. The summed E-state index contributed by atoms with van der Waals surface area (Å²) in [6.07, 6.45) is 3.26. The molecule has 0 aliphatic carbocycles. The Morgan fingerprint density at radius 3 is 2.71 bits per heavy atom. The standard InChI is InChI=1S/C16H29ClN4/c1-5-13-10-20(12(4)8-9-18-13)11-15-16(17)14(6-2)19-21(15)7-3/h12-13,18H,5-11H2,1-4H3. The molecular formula is C16H29ClN4. The van der Waals surface area contributed by atoms with Gasteiger partial charge in [0.2, 0.25) is 0 Å². The highest BCUT2D eigenvalue weighted by molar-refractivity contribution is 6.31. The van der Waals surface area contributed by atoms with Gasteiger partial charge >= 0.3 is 0 Å². The molecule has 2 rings (SSSR count). The normalized spacial score (nSPS) is 24.2. The van der Waals surface area contributed by atoms with Crippen LogP contribution in [0.15, 0.2) is 0 Å². The number of rotatable bonds is 5. The molecule has 0 radical (unpaired) electrons. The van der Waals surface area contributed by atoms with Crippen LogP contribution in [-0.4, -0.2) is 39.9 Å². The van der Waals surface area contributed by atoms with Gasteiger partial charge in [0.25, 0.3) is 0 Å². The number of hydrogen-bond donors (Lipinski definition) is 1. The summed E-state index contributed by atoms with van der Waals surface area (Å²) in [5.41, 5.74) is 2.21. The van der Waals surface area contributed by atoms with E-state index in [0.717, 1.165) is 43.3 Å². The van der Waals surface area contributed by atoms with Crippen LogP contribution in [0.2, 0.25) is 5.02 Å². The van der Waals surface area contributed by atoms with Gasteiger partial charge in [-0.3, -0.25) is 9.58 Å². The van der Waals surface area contributed by atoms with E-state index in [1.54, 1.807) is 0 Å². The Hall–Kier alpha value is -0.580. The smallest absolute Gasteiger partial charge is 0.0863 e. The summed E-state index contributed by atoms with van der Waals surface area (Å²) in [4.78, 5) is 2.56. The average molecular weight is 313 g/mol. The second kappa shape index (κ2) is 7.61. The van der Waals surface area contributed by atoms with Crippen molar-refractivity contribution >= 4 is 11.6 Å². The Morgan fingerprint density at radius 1 is 1.33 bits per heavy atom. The molecule has 1 fully saturated rings. The lowest BCUT2D eigenvalue weighted by molar-refractivity contribution is 0.189. The van der Waals surface area contributed by atoms with Crippen molar-refractivity contribution in [2.24, 2.45) is 0 Å². The van der Waals surface area contributed by atoms with E-state index in [1.165, 1.54) is 18.5 Å². The topological polar surface area (TPSA) is 33.1 Å². The summed E-state index contributed by atoms with van der Waals surface area (Å²) < 4.78 is 2.08. The van der Waals surface area contributed by atoms with Crippen LogP contribution in [0.25, 0.3) is 0 Å². The Labute approximate surface area is 133 Å². The Bertz CT molecular complexity index is 457. The fourth-order valence-corrected chi connectivity index (χ4v) is 3.39. The Kier molecular flexibility index (Phi) is 6.08. The van der Waals surface area contributed by atoms with Crippen LogP contribution in [0.1, 0.15) is 51.9 Å². The van der Waals surface area contributed by atoms with Crippen LogP contribution in [0, 0.1) is 0 Å². The van der Waals surface area contributed by atoms with Gasteiger partial charge in [-0.1, -0.05) is 25.4 Å². The number of aryl methyl sites for hydroxylation is 2. The Balaban J connectivity index is 2.20. The highest BCUT2D eigenvalue weighted by Crippen LogP contribution is 2.25. The fourth-order valence-electron chi connectivity index (χ4n) is 3.06. The number of halogens is 1. The van der Waals surface area contributed by atoms with Gasteiger partial charge in [-0.2, -0.15) is 5.10 Å². The van der Waals surface area contributed by atoms with Gasteiger partial charge in [-0.15, -0.1) is 0 Å². The first-order valence-corrected chi connectivity index (χ1v) is 8.69. The van der Waals surface area contributed by atoms with Gasteiger partial charge in [0, 0.05) is 31.7 Å². The summed E-state index contributed by atoms with van der Waals surface area (Å²) in [5.74, 6) is 0. The van der Waals surface area contributed by atoms with Crippen molar-refractivity contribution in [3.05, 3.63) is 16.4 Å². The first-order chi connectivity index (χ1) is 10.1. The van der Waals surface area contributed by atoms with E-state index < -0.39 is 0 Å². The minimum atomic E-state index is 0.579.